The molecule has 1 fully saturated rings. The summed E-state index contributed by atoms with van der Waals surface area (Å²) in [4.78, 5) is 0. The Balaban J connectivity index is 2.21. The van der Waals surface area contributed by atoms with Crippen molar-refractivity contribution in [3.05, 3.63) is 35.5 Å². The fourth-order valence-electron chi connectivity index (χ4n) is 2.65. The van der Waals surface area contributed by atoms with Gasteiger partial charge in [-0.2, -0.15) is 0 Å². The first-order valence-corrected chi connectivity index (χ1v) is 6.76. The standard InChI is InChI=1S/C15H22O3/c1-2-18-14(16)12-7-3-4-8-13(11-12)15(17)9-5-6-10-15/h4,7-8,11,14,16-17H,2-3,5-6,9-10H2,1H3. The van der Waals surface area contributed by atoms with Crippen molar-refractivity contribution in [2.45, 2.75) is 50.9 Å². The van der Waals surface area contributed by atoms with Crippen LogP contribution in [0.5, 0.6) is 0 Å². The van der Waals surface area contributed by atoms with Crippen LogP contribution >= 0.6 is 0 Å². The third kappa shape index (κ3) is 2.91. The lowest BCUT2D eigenvalue weighted by Crippen LogP contribution is -2.26. The van der Waals surface area contributed by atoms with E-state index in [0.717, 1.165) is 43.3 Å². The Morgan fingerprint density at radius 3 is 2.78 bits per heavy atom. The number of rotatable bonds is 4. The zero-order chi connectivity index (χ0) is 13.0. The molecule has 3 nitrogen and oxygen atoms in total. The zero-order valence-electron chi connectivity index (χ0n) is 10.9. The van der Waals surface area contributed by atoms with Gasteiger partial charge in [0.1, 0.15) is 0 Å². The lowest BCUT2D eigenvalue weighted by atomic mass is 9.90. The minimum atomic E-state index is -0.894. The highest BCUT2D eigenvalue weighted by Crippen LogP contribution is 2.37. The molecule has 100 valence electrons. The summed E-state index contributed by atoms with van der Waals surface area (Å²) in [5.41, 5.74) is 0.936. The molecular formula is C15H22O3. The Morgan fingerprint density at radius 2 is 2.11 bits per heavy atom. The van der Waals surface area contributed by atoms with Crippen LogP contribution in [0, 0.1) is 0 Å². The van der Waals surface area contributed by atoms with Crippen LogP contribution in [0.1, 0.15) is 39.0 Å². The summed E-state index contributed by atoms with van der Waals surface area (Å²) in [7, 11) is 0. The van der Waals surface area contributed by atoms with E-state index in [0.29, 0.717) is 6.61 Å². The third-order valence-electron chi connectivity index (χ3n) is 3.69. The summed E-state index contributed by atoms with van der Waals surface area (Å²) in [5.74, 6) is 0. The molecule has 3 heteroatoms. The van der Waals surface area contributed by atoms with E-state index in [9.17, 15) is 10.2 Å². The van der Waals surface area contributed by atoms with Crippen molar-refractivity contribution >= 4 is 0 Å². The number of aliphatic hydroxyl groups excluding tert-OH is 1. The van der Waals surface area contributed by atoms with Crippen LogP contribution < -0.4 is 0 Å². The van der Waals surface area contributed by atoms with Crippen molar-refractivity contribution < 1.29 is 14.9 Å². The second-order valence-electron chi connectivity index (χ2n) is 4.99. The molecule has 2 aliphatic carbocycles. The van der Waals surface area contributed by atoms with Gasteiger partial charge in [0.25, 0.3) is 0 Å². The molecule has 0 aromatic heterocycles. The maximum Gasteiger partial charge on any atom is 0.180 e. The second kappa shape index (κ2) is 5.83. The van der Waals surface area contributed by atoms with E-state index in [4.69, 9.17) is 4.74 Å². The molecule has 1 unspecified atom stereocenters. The smallest absolute Gasteiger partial charge is 0.180 e. The fraction of sp³-hybridized carbons (Fsp3) is 0.600. The van der Waals surface area contributed by atoms with E-state index in [1.54, 1.807) is 0 Å². The molecule has 1 atom stereocenters. The van der Waals surface area contributed by atoms with Crippen LogP contribution in [0.15, 0.2) is 35.5 Å². The monoisotopic (exact) mass is 250 g/mol. The van der Waals surface area contributed by atoms with Crippen LogP contribution in [0.2, 0.25) is 0 Å². The van der Waals surface area contributed by atoms with Crippen LogP contribution in [0.4, 0.5) is 0 Å². The van der Waals surface area contributed by atoms with Gasteiger partial charge >= 0.3 is 0 Å². The first kappa shape index (κ1) is 13.5. The summed E-state index contributed by atoms with van der Waals surface area (Å²) in [6, 6.07) is 0. The SMILES string of the molecule is CCOC(O)C1=CCC=CC(C2(O)CCCC2)=C1. The molecule has 0 spiro atoms. The van der Waals surface area contributed by atoms with E-state index in [2.05, 4.69) is 0 Å². The van der Waals surface area contributed by atoms with Gasteiger partial charge in [0.05, 0.1) is 5.60 Å². The molecule has 18 heavy (non-hydrogen) atoms. The fourth-order valence-corrected chi connectivity index (χ4v) is 2.65. The van der Waals surface area contributed by atoms with Gasteiger partial charge in [-0.25, -0.2) is 0 Å². The third-order valence-corrected chi connectivity index (χ3v) is 3.69. The van der Waals surface area contributed by atoms with E-state index >= 15 is 0 Å². The van der Waals surface area contributed by atoms with Gasteiger partial charge in [-0.1, -0.05) is 31.1 Å². The number of ether oxygens (including phenoxy) is 1. The molecule has 0 aliphatic heterocycles. The van der Waals surface area contributed by atoms with E-state index in [-0.39, 0.29) is 0 Å². The van der Waals surface area contributed by atoms with Crippen LogP contribution in [0.25, 0.3) is 0 Å². The molecule has 0 heterocycles. The van der Waals surface area contributed by atoms with Crippen LogP contribution in [-0.4, -0.2) is 28.7 Å². The Kier molecular flexibility index (Phi) is 4.38. The molecule has 0 radical (unpaired) electrons. The highest BCUT2D eigenvalue weighted by Gasteiger charge is 2.34. The number of allylic oxidation sites excluding steroid dienone is 2. The highest BCUT2D eigenvalue weighted by molar-refractivity contribution is 5.40. The quantitative estimate of drug-likeness (QED) is 0.754. The average Bonchev–Trinajstić information content (AvgIpc) is 2.66. The summed E-state index contributed by atoms with van der Waals surface area (Å²) >= 11 is 0. The minimum absolute atomic E-state index is 0.472. The Bertz CT molecular complexity index is 373. The molecule has 0 aromatic carbocycles. The summed E-state index contributed by atoms with van der Waals surface area (Å²) in [5, 5.41) is 20.5. The Labute approximate surface area is 108 Å². The van der Waals surface area contributed by atoms with Gasteiger partial charge < -0.3 is 14.9 Å². The highest BCUT2D eigenvalue weighted by atomic mass is 16.6. The molecule has 1 saturated carbocycles. The predicted molar refractivity (Wildman–Crippen MR) is 71.0 cm³/mol. The number of hydrogen-bond donors (Lipinski definition) is 2. The lowest BCUT2D eigenvalue weighted by Gasteiger charge is -2.24. The van der Waals surface area contributed by atoms with Gasteiger partial charge in [-0.15, -0.1) is 0 Å². The van der Waals surface area contributed by atoms with Gasteiger partial charge in [-0.3, -0.25) is 0 Å². The van der Waals surface area contributed by atoms with Crippen molar-refractivity contribution in [2.75, 3.05) is 6.61 Å². The summed E-state index contributed by atoms with van der Waals surface area (Å²) in [6.45, 7) is 2.33. The second-order valence-corrected chi connectivity index (χ2v) is 4.99. The van der Waals surface area contributed by atoms with E-state index < -0.39 is 11.9 Å². The molecule has 0 bridgehead atoms. The first-order valence-electron chi connectivity index (χ1n) is 6.76. The van der Waals surface area contributed by atoms with Gasteiger partial charge in [0.2, 0.25) is 0 Å². The van der Waals surface area contributed by atoms with Crippen molar-refractivity contribution in [3.8, 4) is 0 Å². The molecular weight excluding hydrogens is 228 g/mol. The van der Waals surface area contributed by atoms with E-state index in [1.165, 1.54) is 0 Å². The maximum absolute atomic E-state index is 10.6. The molecule has 2 aliphatic rings. The predicted octanol–water partition coefficient (Wildman–Crippen LogP) is 2.46. The van der Waals surface area contributed by atoms with Crippen LogP contribution in [0.3, 0.4) is 0 Å². The largest absolute Gasteiger partial charge is 0.385 e. The first-order chi connectivity index (χ1) is 8.65. The van der Waals surface area contributed by atoms with E-state index in [1.807, 2.05) is 31.2 Å². The van der Waals surface area contributed by atoms with Crippen LogP contribution in [-0.2, 0) is 4.74 Å². The molecule has 0 saturated heterocycles. The lowest BCUT2D eigenvalue weighted by molar-refractivity contribution is -0.0649. The maximum atomic E-state index is 10.6. The molecule has 0 aromatic rings. The van der Waals surface area contributed by atoms with Crippen molar-refractivity contribution in [1.29, 1.82) is 0 Å². The zero-order valence-corrected chi connectivity index (χ0v) is 10.9. The van der Waals surface area contributed by atoms with Crippen molar-refractivity contribution in [2.24, 2.45) is 0 Å². The molecule has 0 amide bonds. The minimum Gasteiger partial charge on any atom is -0.385 e. The average molecular weight is 250 g/mol. The topological polar surface area (TPSA) is 49.7 Å². The molecule has 2 N–H and O–H groups in total. The summed E-state index contributed by atoms with van der Waals surface area (Å²) < 4.78 is 5.21. The van der Waals surface area contributed by atoms with Crippen molar-refractivity contribution in [1.82, 2.24) is 0 Å². The number of hydrogen-bond acceptors (Lipinski definition) is 3. The normalized spacial score (nSPS) is 24.4. The van der Waals surface area contributed by atoms with Gasteiger partial charge in [-0.05, 0) is 37.8 Å². The summed E-state index contributed by atoms with van der Waals surface area (Å²) in [6.07, 6.45) is 11.4. The Morgan fingerprint density at radius 1 is 1.39 bits per heavy atom. The van der Waals surface area contributed by atoms with Crippen molar-refractivity contribution in [3.63, 3.8) is 0 Å². The van der Waals surface area contributed by atoms with Gasteiger partial charge in [0, 0.05) is 12.2 Å². The van der Waals surface area contributed by atoms with Gasteiger partial charge in [0.15, 0.2) is 6.29 Å². The molecule has 2 rings (SSSR count). The number of aliphatic hydroxyl groups is 2. The Hall–Kier alpha value is -0.900.